The van der Waals surface area contributed by atoms with Crippen LogP contribution in [0.15, 0.2) is 0 Å². The molecule has 0 fully saturated rings. The Hall–Kier alpha value is 0.0600. The Morgan fingerprint density at radius 3 is 2.27 bits per heavy atom. The van der Waals surface area contributed by atoms with E-state index in [1.165, 1.54) is 23.7 Å². The van der Waals surface area contributed by atoms with Crippen molar-refractivity contribution < 1.29 is 13.2 Å². The van der Waals surface area contributed by atoms with Gasteiger partial charge in [0.2, 0.25) is 0 Å². The van der Waals surface area contributed by atoms with Crippen LogP contribution in [0.5, 0.6) is 0 Å². The van der Waals surface area contributed by atoms with E-state index in [0.717, 1.165) is 0 Å². The molecule has 0 aliphatic carbocycles. The van der Waals surface area contributed by atoms with Gasteiger partial charge in [-0.05, 0) is 19.7 Å². The second-order valence-electron chi connectivity index (χ2n) is 3.53. The van der Waals surface area contributed by atoms with Gasteiger partial charge in [0.05, 0.1) is 0 Å². The van der Waals surface area contributed by atoms with Gasteiger partial charge < -0.3 is 5.73 Å². The number of rotatable bonds is 6. The normalized spacial score (nSPS) is 16.8. The van der Waals surface area contributed by atoms with Crippen LogP contribution in [0, 0.1) is 0 Å². The first kappa shape index (κ1) is 15.1. The Morgan fingerprint density at radius 2 is 1.93 bits per heavy atom. The monoisotopic (exact) mass is 244 g/mol. The molecule has 0 saturated heterocycles. The highest BCUT2D eigenvalue weighted by atomic mass is 32.2. The van der Waals surface area contributed by atoms with Crippen molar-refractivity contribution in [1.29, 1.82) is 0 Å². The van der Waals surface area contributed by atoms with E-state index >= 15 is 0 Å². The van der Waals surface area contributed by atoms with E-state index in [2.05, 4.69) is 0 Å². The van der Waals surface area contributed by atoms with Crippen LogP contribution >= 0.6 is 11.8 Å². The summed E-state index contributed by atoms with van der Waals surface area (Å²) in [6, 6.07) is -2.38. The van der Waals surface area contributed by atoms with E-state index < -0.39 is 18.3 Å². The predicted molar refractivity (Wildman–Crippen MR) is 59.1 cm³/mol. The Labute approximate surface area is 93.4 Å². The quantitative estimate of drug-likeness (QED) is 0.774. The number of nitrogens with zero attached hydrogens (tertiary/aromatic N) is 1. The van der Waals surface area contributed by atoms with Crippen LogP contribution in [0.25, 0.3) is 0 Å². The Morgan fingerprint density at radius 1 is 1.40 bits per heavy atom. The van der Waals surface area contributed by atoms with Crippen LogP contribution in [0.1, 0.15) is 13.3 Å². The van der Waals surface area contributed by atoms with Gasteiger partial charge in [-0.25, -0.2) is 0 Å². The van der Waals surface area contributed by atoms with Gasteiger partial charge in [0.1, 0.15) is 6.04 Å². The number of halogens is 3. The van der Waals surface area contributed by atoms with Gasteiger partial charge in [0, 0.05) is 18.3 Å². The Kier molecular flexibility index (Phi) is 6.63. The fraction of sp³-hybridized carbons (Fsp3) is 1.00. The summed E-state index contributed by atoms with van der Waals surface area (Å²) in [5, 5.41) is 0. The number of alkyl halides is 3. The highest BCUT2D eigenvalue weighted by Gasteiger charge is 2.45. The summed E-state index contributed by atoms with van der Waals surface area (Å²) in [5.41, 5.74) is 5.51. The lowest BCUT2D eigenvalue weighted by Crippen LogP contribution is -2.55. The van der Waals surface area contributed by atoms with Gasteiger partial charge in [0.25, 0.3) is 0 Å². The summed E-state index contributed by atoms with van der Waals surface area (Å²) in [7, 11) is 1.48. The first-order valence-corrected chi connectivity index (χ1v) is 6.25. The molecule has 0 aromatic heterocycles. The largest absolute Gasteiger partial charge is 0.405 e. The van der Waals surface area contributed by atoms with E-state index in [1.54, 1.807) is 6.92 Å². The molecule has 92 valence electrons. The third kappa shape index (κ3) is 5.08. The summed E-state index contributed by atoms with van der Waals surface area (Å²) < 4.78 is 38.1. The summed E-state index contributed by atoms with van der Waals surface area (Å²) in [4.78, 5) is 1.30. The second-order valence-corrected chi connectivity index (χ2v) is 4.52. The van der Waals surface area contributed by atoms with Crippen molar-refractivity contribution in [1.82, 2.24) is 4.90 Å². The summed E-state index contributed by atoms with van der Waals surface area (Å²) in [5.74, 6) is 0.680. The molecule has 0 aromatic carbocycles. The van der Waals surface area contributed by atoms with E-state index in [4.69, 9.17) is 5.73 Å². The maximum atomic E-state index is 12.7. The van der Waals surface area contributed by atoms with Crippen LogP contribution in [-0.2, 0) is 0 Å². The topological polar surface area (TPSA) is 29.3 Å². The molecule has 6 heteroatoms. The molecule has 0 aromatic rings. The SMILES string of the molecule is CCC(N)C(N(C)CCSC)C(F)(F)F. The first-order chi connectivity index (χ1) is 6.84. The minimum absolute atomic E-state index is 0.327. The molecular formula is C9H19F3N2S. The lowest BCUT2D eigenvalue weighted by atomic mass is 10.1. The van der Waals surface area contributed by atoms with Crippen molar-refractivity contribution in [3.8, 4) is 0 Å². The first-order valence-electron chi connectivity index (χ1n) is 4.86. The third-order valence-corrected chi connectivity index (χ3v) is 2.93. The predicted octanol–water partition coefficient (Wildman–Crippen LogP) is 1.95. The lowest BCUT2D eigenvalue weighted by molar-refractivity contribution is -0.185. The summed E-state index contributed by atoms with van der Waals surface area (Å²) in [6.45, 7) is 2.07. The zero-order valence-corrected chi connectivity index (χ0v) is 10.2. The molecule has 0 aliphatic rings. The molecule has 0 rings (SSSR count). The molecular weight excluding hydrogens is 225 g/mol. The maximum absolute atomic E-state index is 12.7. The van der Waals surface area contributed by atoms with E-state index in [0.29, 0.717) is 18.7 Å². The van der Waals surface area contributed by atoms with Crippen molar-refractivity contribution in [2.45, 2.75) is 31.6 Å². The van der Waals surface area contributed by atoms with Gasteiger partial charge in [-0.15, -0.1) is 0 Å². The Bertz CT molecular complexity index is 175. The van der Waals surface area contributed by atoms with Crippen LogP contribution in [-0.4, -0.2) is 48.8 Å². The van der Waals surface area contributed by atoms with Gasteiger partial charge in [-0.1, -0.05) is 6.92 Å². The van der Waals surface area contributed by atoms with Crippen LogP contribution < -0.4 is 5.73 Å². The standard InChI is InChI=1S/C9H19F3N2S/c1-4-7(13)8(9(10,11)12)14(2)5-6-15-3/h7-8H,4-6,13H2,1-3H3. The minimum Gasteiger partial charge on any atom is -0.326 e. The number of hydrogen-bond donors (Lipinski definition) is 1. The van der Waals surface area contributed by atoms with Crippen LogP contribution in [0.4, 0.5) is 13.2 Å². The average molecular weight is 244 g/mol. The third-order valence-electron chi connectivity index (χ3n) is 2.34. The zero-order valence-electron chi connectivity index (χ0n) is 9.34. The van der Waals surface area contributed by atoms with Gasteiger partial charge >= 0.3 is 6.18 Å². The minimum atomic E-state index is -4.25. The molecule has 2 unspecified atom stereocenters. The molecule has 2 N–H and O–H groups in total. The van der Waals surface area contributed by atoms with Crippen LogP contribution in [0.2, 0.25) is 0 Å². The van der Waals surface area contributed by atoms with Crippen molar-refractivity contribution in [3.63, 3.8) is 0 Å². The fourth-order valence-electron chi connectivity index (χ4n) is 1.42. The van der Waals surface area contributed by atoms with Gasteiger partial charge in [-0.2, -0.15) is 24.9 Å². The van der Waals surface area contributed by atoms with Gasteiger partial charge in [-0.3, -0.25) is 4.90 Å². The molecule has 2 nitrogen and oxygen atoms in total. The van der Waals surface area contributed by atoms with Crippen molar-refractivity contribution in [2.75, 3.05) is 25.6 Å². The molecule has 0 bridgehead atoms. The molecule has 0 aliphatic heterocycles. The van der Waals surface area contributed by atoms with Gasteiger partial charge in [0.15, 0.2) is 0 Å². The highest BCUT2D eigenvalue weighted by Crippen LogP contribution is 2.27. The maximum Gasteiger partial charge on any atom is 0.405 e. The number of likely N-dealkylation sites (N-methyl/N-ethyl adjacent to an activating group) is 1. The molecule has 0 radical (unpaired) electrons. The van der Waals surface area contributed by atoms with Crippen molar-refractivity contribution in [2.24, 2.45) is 5.73 Å². The molecule has 0 heterocycles. The lowest BCUT2D eigenvalue weighted by Gasteiger charge is -2.33. The number of hydrogen-bond acceptors (Lipinski definition) is 3. The highest BCUT2D eigenvalue weighted by molar-refractivity contribution is 7.98. The summed E-state index contributed by atoms with van der Waals surface area (Å²) >= 11 is 1.53. The average Bonchev–Trinajstić information content (AvgIpc) is 2.12. The smallest absolute Gasteiger partial charge is 0.326 e. The molecule has 0 amide bonds. The van der Waals surface area contributed by atoms with Crippen molar-refractivity contribution >= 4 is 11.8 Å². The van der Waals surface area contributed by atoms with E-state index in [1.807, 2.05) is 6.26 Å². The molecule has 0 spiro atoms. The number of thioether (sulfide) groups is 1. The zero-order chi connectivity index (χ0) is 12.1. The number of nitrogens with two attached hydrogens (primary N) is 1. The molecule has 2 atom stereocenters. The Balaban J connectivity index is 4.48. The molecule has 15 heavy (non-hydrogen) atoms. The summed E-state index contributed by atoms with van der Waals surface area (Å²) in [6.07, 6.45) is -2.05. The fourth-order valence-corrected chi connectivity index (χ4v) is 1.89. The van der Waals surface area contributed by atoms with Crippen molar-refractivity contribution in [3.05, 3.63) is 0 Å². The van der Waals surface area contributed by atoms with E-state index in [9.17, 15) is 13.2 Å². The van der Waals surface area contributed by atoms with Crippen LogP contribution in [0.3, 0.4) is 0 Å². The second kappa shape index (κ2) is 6.60. The van der Waals surface area contributed by atoms with E-state index in [-0.39, 0.29) is 0 Å². The molecule has 0 saturated carbocycles.